The van der Waals surface area contributed by atoms with Gasteiger partial charge in [-0.2, -0.15) is 0 Å². The van der Waals surface area contributed by atoms with Crippen molar-refractivity contribution in [2.24, 2.45) is 5.92 Å². The fourth-order valence-electron chi connectivity index (χ4n) is 2.84. The van der Waals surface area contributed by atoms with Crippen LogP contribution in [0, 0.1) is 5.92 Å². The minimum Gasteiger partial charge on any atom is -0.326 e. The first-order valence-electron chi connectivity index (χ1n) is 8.14. The molecule has 0 unspecified atom stereocenters. The second kappa shape index (κ2) is 7.08. The molecule has 1 aromatic carbocycles. The Morgan fingerprint density at radius 1 is 1.24 bits per heavy atom. The standard InChI is InChI=1S/C18H28N2O/c1-12(2)14-7-8-17(16(10-14)13(3)4)20-18(21)15-6-5-9-19-11-15/h7-8,10,12-13,15,19H,5-6,9,11H2,1-4H3,(H,20,21)/t15-/m1/s1. The summed E-state index contributed by atoms with van der Waals surface area (Å²) in [6.45, 7) is 10.6. The van der Waals surface area contributed by atoms with Gasteiger partial charge in [0.05, 0.1) is 5.92 Å². The molecular formula is C18H28N2O. The van der Waals surface area contributed by atoms with Gasteiger partial charge < -0.3 is 10.6 Å². The third-order valence-electron chi connectivity index (χ3n) is 4.29. The molecule has 1 atom stereocenters. The van der Waals surface area contributed by atoms with Gasteiger partial charge in [0.1, 0.15) is 0 Å². The molecule has 21 heavy (non-hydrogen) atoms. The lowest BCUT2D eigenvalue weighted by Crippen LogP contribution is -2.37. The van der Waals surface area contributed by atoms with Crippen molar-refractivity contribution in [1.82, 2.24) is 5.32 Å². The van der Waals surface area contributed by atoms with Crippen LogP contribution in [0.3, 0.4) is 0 Å². The highest BCUT2D eigenvalue weighted by Crippen LogP contribution is 2.29. The molecule has 1 aromatic rings. The molecule has 0 bridgehead atoms. The third kappa shape index (κ3) is 4.07. The zero-order valence-electron chi connectivity index (χ0n) is 13.7. The average Bonchev–Trinajstić information content (AvgIpc) is 2.48. The fourth-order valence-corrected chi connectivity index (χ4v) is 2.84. The molecule has 1 fully saturated rings. The summed E-state index contributed by atoms with van der Waals surface area (Å²) in [5.41, 5.74) is 3.54. The van der Waals surface area contributed by atoms with Gasteiger partial charge in [-0.25, -0.2) is 0 Å². The van der Waals surface area contributed by atoms with Crippen molar-refractivity contribution >= 4 is 11.6 Å². The molecule has 1 aliphatic rings. The van der Waals surface area contributed by atoms with Crippen LogP contribution in [0.1, 0.15) is 63.5 Å². The van der Waals surface area contributed by atoms with E-state index in [9.17, 15) is 4.79 Å². The van der Waals surface area contributed by atoms with Crippen molar-refractivity contribution in [2.75, 3.05) is 18.4 Å². The molecule has 2 N–H and O–H groups in total. The van der Waals surface area contributed by atoms with Gasteiger partial charge in [0, 0.05) is 12.2 Å². The maximum atomic E-state index is 12.4. The molecule has 1 saturated heterocycles. The maximum absolute atomic E-state index is 12.4. The van der Waals surface area contributed by atoms with E-state index in [0.29, 0.717) is 11.8 Å². The number of benzene rings is 1. The van der Waals surface area contributed by atoms with Gasteiger partial charge >= 0.3 is 0 Å². The topological polar surface area (TPSA) is 41.1 Å². The second-order valence-corrected chi connectivity index (χ2v) is 6.69. The summed E-state index contributed by atoms with van der Waals surface area (Å²) < 4.78 is 0. The van der Waals surface area contributed by atoms with E-state index in [1.807, 2.05) is 0 Å². The summed E-state index contributed by atoms with van der Waals surface area (Å²) >= 11 is 0. The number of nitrogens with one attached hydrogen (secondary N) is 2. The maximum Gasteiger partial charge on any atom is 0.228 e. The number of piperidine rings is 1. The number of hydrogen-bond acceptors (Lipinski definition) is 2. The van der Waals surface area contributed by atoms with Gasteiger partial charge in [-0.3, -0.25) is 4.79 Å². The summed E-state index contributed by atoms with van der Waals surface area (Å²) in [6, 6.07) is 6.44. The van der Waals surface area contributed by atoms with Gasteiger partial charge in [-0.15, -0.1) is 0 Å². The molecule has 1 heterocycles. The monoisotopic (exact) mass is 288 g/mol. The predicted octanol–water partition coefficient (Wildman–Crippen LogP) is 3.87. The quantitative estimate of drug-likeness (QED) is 0.883. The lowest BCUT2D eigenvalue weighted by Gasteiger charge is -2.23. The van der Waals surface area contributed by atoms with Crippen molar-refractivity contribution in [1.29, 1.82) is 0 Å². The van der Waals surface area contributed by atoms with Gasteiger partial charge in [0.25, 0.3) is 0 Å². The Hall–Kier alpha value is -1.35. The smallest absolute Gasteiger partial charge is 0.228 e. The number of anilines is 1. The lowest BCUT2D eigenvalue weighted by molar-refractivity contribution is -0.120. The van der Waals surface area contributed by atoms with Crippen LogP contribution in [0.15, 0.2) is 18.2 Å². The van der Waals surface area contributed by atoms with E-state index in [1.54, 1.807) is 0 Å². The van der Waals surface area contributed by atoms with Crippen LogP contribution in [-0.4, -0.2) is 19.0 Å². The highest BCUT2D eigenvalue weighted by atomic mass is 16.1. The zero-order valence-corrected chi connectivity index (χ0v) is 13.7. The molecule has 0 radical (unpaired) electrons. The molecule has 0 saturated carbocycles. The second-order valence-electron chi connectivity index (χ2n) is 6.69. The minimum atomic E-state index is 0.100. The van der Waals surface area contributed by atoms with Gasteiger partial charge in [-0.05, 0) is 48.4 Å². The number of carbonyl (C=O) groups is 1. The zero-order chi connectivity index (χ0) is 15.4. The molecule has 3 heteroatoms. The van der Waals surface area contributed by atoms with Crippen molar-refractivity contribution < 1.29 is 4.79 Å². The first-order chi connectivity index (χ1) is 9.99. The Morgan fingerprint density at radius 2 is 2.00 bits per heavy atom. The van der Waals surface area contributed by atoms with Crippen LogP contribution < -0.4 is 10.6 Å². The normalized spacial score (nSPS) is 19.0. The van der Waals surface area contributed by atoms with Crippen LogP contribution in [0.25, 0.3) is 0 Å². The minimum absolute atomic E-state index is 0.100. The van der Waals surface area contributed by atoms with E-state index >= 15 is 0 Å². The number of amides is 1. The predicted molar refractivity (Wildman–Crippen MR) is 88.8 cm³/mol. The molecule has 0 aromatic heterocycles. The van der Waals surface area contributed by atoms with Gasteiger partial charge in [0.15, 0.2) is 0 Å². The molecule has 1 aliphatic heterocycles. The van der Waals surface area contributed by atoms with Crippen molar-refractivity contribution in [3.8, 4) is 0 Å². The van der Waals surface area contributed by atoms with E-state index in [-0.39, 0.29) is 11.8 Å². The molecule has 0 spiro atoms. The van der Waals surface area contributed by atoms with Crippen LogP contribution in [-0.2, 0) is 4.79 Å². The molecule has 3 nitrogen and oxygen atoms in total. The van der Waals surface area contributed by atoms with E-state index < -0.39 is 0 Å². The Bertz CT molecular complexity index is 488. The molecule has 1 amide bonds. The molecule has 116 valence electrons. The van der Waals surface area contributed by atoms with E-state index in [1.165, 1.54) is 11.1 Å². The number of rotatable bonds is 4. The summed E-state index contributed by atoms with van der Waals surface area (Å²) in [7, 11) is 0. The van der Waals surface area contributed by atoms with Crippen LogP contribution >= 0.6 is 0 Å². The first-order valence-corrected chi connectivity index (χ1v) is 8.14. The summed E-state index contributed by atoms with van der Waals surface area (Å²) in [5.74, 6) is 1.17. The van der Waals surface area contributed by atoms with Gasteiger partial charge in [0.2, 0.25) is 5.91 Å². The largest absolute Gasteiger partial charge is 0.326 e. The lowest BCUT2D eigenvalue weighted by atomic mass is 9.93. The SMILES string of the molecule is CC(C)c1ccc(NC(=O)[C@@H]2CCCNC2)c(C(C)C)c1. The highest BCUT2D eigenvalue weighted by Gasteiger charge is 2.22. The molecule has 0 aliphatic carbocycles. The summed E-state index contributed by atoms with van der Waals surface area (Å²) in [4.78, 5) is 12.4. The van der Waals surface area contributed by atoms with Crippen molar-refractivity contribution in [3.05, 3.63) is 29.3 Å². The van der Waals surface area contributed by atoms with E-state index in [0.717, 1.165) is 31.6 Å². The third-order valence-corrected chi connectivity index (χ3v) is 4.29. The summed E-state index contributed by atoms with van der Waals surface area (Å²) in [5, 5.41) is 6.45. The Balaban J connectivity index is 2.16. The van der Waals surface area contributed by atoms with Crippen molar-refractivity contribution in [2.45, 2.75) is 52.4 Å². The van der Waals surface area contributed by atoms with E-state index in [4.69, 9.17) is 0 Å². The number of hydrogen-bond donors (Lipinski definition) is 2. The molecular weight excluding hydrogens is 260 g/mol. The van der Waals surface area contributed by atoms with Crippen molar-refractivity contribution in [3.63, 3.8) is 0 Å². The van der Waals surface area contributed by atoms with Crippen LogP contribution in [0.2, 0.25) is 0 Å². The highest BCUT2D eigenvalue weighted by molar-refractivity contribution is 5.93. The Kier molecular flexibility index (Phi) is 5.40. The van der Waals surface area contributed by atoms with Crippen LogP contribution in [0.5, 0.6) is 0 Å². The average molecular weight is 288 g/mol. The van der Waals surface area contributed by atoms with Crippen LogP contribution in [0.4, 0.5) is 5.69 Å². The van der Waals surface area contributed by atoms with E-state index in [2.05, 4.69) is 56.5 Å². The Labute approximate surface area is 128 Å². The van der Waals surface area contributed by atoms with Gasteiger partial charge in [-0.1, -0.05) is 39.8 Å². The fraction of sp³-hybridized carbons (Fsp3) is 0.611. The summed E-state index contributed by atoms with van der Waals surface area (Å²) in [6.07, 6.45) is 2.07. The molecule has 2 rings (SSSR count). The first kappa shape index (κ1) is 16.0. The number of carbonyl (C=O) groups excluding carboxylic acids is 1. The Morgan fingerprint density at radius 3 is 2.57 bits per heavy atom.